The molecule has 1 amide bonds. The van der Waals surface area contributed by atoms with Crippen LogP contribution in [0.4, 0.5) is 8.78 Å². The Balaban J connectivity index is 2.05. The predicted octanol–water partition coefficient (Wildman–Crippen LogP) is 3.48. The van der Waals surface area contributed by atoms with Crippen LogP contribution in [0.2, 0.25) is 0 Å². The summed E-state index contributed by atoms with van der Waals surface area (Å²) in [6.45, 7) is 2.45. The van der Waals surface area contributed by atoms with Crippen molar-refractivity contribution in [1.82, 2.24) is 5.32 Å². The molecule has 1 aliphatic rings. The van der Waals surface area contributed by atoms with Crippen molar-refractivity contribution < 1.29 is 18.3 Å². The fourth-order valence-electron chi connectivity index (χ4n) is 2.05. The minimum Gasteiger partial charge on any atom is -0.490 e. The van der Waals surface area contributed by atoms with Crippen LogP contribution in [0.25, 0.3) is 0 Å². The number of nitrogens with zero attached hydrogens (tertiary/aromatic N) is 2. The molecule has 24 heavy (non-hydrogen) atoms. The Bertz CT molecular complexity index is 650. The van der Waals surface area contributed by atoms with Crippen molar-refractivity contribution in [2.45, 2.75) is 32.6 Å². The molecule has 0 radical (unpaired) electrons. The number of unbranched alkanes of at least 4 members (excludes halogenated alkanes) is 3. The molecule has 1 aromatic carbocycles. The maximum Gasteiger partial charge on any atom is 0.236 e. The van der Waals surface area contributed by atoms with E-state index in [1.165, 1.54) is 18.0 Å². The summed E-state index contributed by atoms with van der Waals surface area (Å²) in [5.74, 6) is -1.40. The van der Waals surface area contributed by atoms with Gasteiger partial charge in [0.15, 0.2) is 16.7 Å². The SMILES string of the molecule is CCCCCCOc1c(F)cc(F)cc1C=NN=C1NC(=O)CS1. The average molecular weight is 355 g/mol. The van der Waals surface area contributed by atoms with E-state index in [2.05, 4.69) is 22.4 Å². The highest BCUT2D eigenvalue weighted by molar-refractivity contribution is 8.15. The number of thioether (sulfide) groups is 1. The van der Waals surface area contributed by atoms with E-state index in [-0.39, 0.29) is 23.0 Å². The highest BCUT2D eigenvalue weighted by atomic mass is 32.2. The van der Waals surface area contributed by atoms with Crippen molar-refractivity contribution in [3.63, 3.8) is 0 Å². The minimum atomic E-state index is -0.775. The summed E-state index contributed by atoms with van der Waals surface area (Å²) in [7, 11) is 0. The molecule has 5 nitrogen and oxygen atoms in total. The highest BCUT2D eigenvalue weighted by Crippen LogP contribution is 2.23. The summed E-state index contributed by atoms with van der Waals surface area (Å²) in [5.41, 5.74) is 0.168. The molecular weight excluding hydrogens is 336 g/mol. The van der Waals surface area contributed by atoms with Gasteiger partial charge in [0.2, 0.25) is 5.91 Å². The molecule has 0 unspecified atom stereocenters. The second-order valence-electron chi connectivity index (χ2n) is 5.20. The zero-order chi connectivity index (χ0) is 17.4. The van der Waals surface area contributed by atoms with Gasteiger partial charge in [-0.3, -0.25) is 4.79 Å². The van der Waals surface area contributed by atoms with Crippen molar-refractivity contribution in [1.29, 1.82) is 0 Å². The largest absolute Gasteiger partial charge is 0.490 e. The Kier molecular flexibility index (Phi) is 7.17. The highest BCUT2D eigenvalue weighted by Gasteiger charge is 2.16. The number of ether oxygens (including phenoxy) is 1. The number of amidine groups is 1. The number of rotatable bonds is 8. The summed E-state index contributed by atoms with van der Waals surface area (Å²) in [6, 6.07) is 1.91. The molecule has 1 aliphatic heterocycles. The minimum absolute atomic E-state index is 0.0417. The number of carbonyl (C=O) groups excluding carboxylic acids is 1. The van der Waals surface area contributed by atoms with Gasteiger partial charge in [0.05, 0.1) is 18.6 Å². The second-order valence-corrected chi connectivity index (χ2v) is 6.17. The molecule has 0 saturated carbocycles. The number of hydrogen-bond acceptors (Lipinski definition) is 5. The maximum absolute atomic E-state index is 13.9. The Morgan fingerprint density at radius 1 is 1.33 bits per heavy atom. The van der Waals surface area contributed by atoms with Crippen molar-refractivity contribution in [2.75, 3.05) is 12.4 Å². The van der Waals surface area contributed by atoms with Crippen LogP contribution in [0.5, 0.6) is 5.75 Å². The van der Waals surface area contributed by atoms with Crippen LogP contribution in [0, 0.1) is 11.6 Å². The Hall–Kier alpha value is -1.96. The molecule has 1 aromatic rings. The Morgan fingerprint density at radius 2 is 2.17 bits per heavy atom. The first kappa shape index (κ1) is 18.4. The first-order valence-electron chi connectivity index (χ1n) is 7.75. The van der Waals surface area contributed by atoms with Gasteiger partial charge in [-0.2, -0.15) is 5.10 Å². The van der Waals surface area contributed by atoms with E-state index < -0.39 is 11.6 Å². The molecule has 1 heterocycles. The molecule has 130 valence electrons. The van der Waals surface area contributed by atoms with Crippen LogP contribution in [-0.4, -0.2) is 29.6 Å². The van der Waals surface area contributed by atoms with Gasteiger partial charge in [-0.15, -0.1) is 5.10 Å². The summed E-state index contributed by atoms with van der Waals surface area (Å²) < 4.78 is 32.8. The monoisotopic (exact) mass is 355 g/mol. The molecule has 1 saturated heterocycles. The van der Waals surface area contributed by atoms with Gasteiger partial charge in [0.25, 0.3) is 0 Å². The lowest BCUT2D eigenvalue weighted by Gasteiger charge is -2.10. The Labute approximate surface area is 143 Å². The number of carbonyl (C=O) groups is 1. The smallest absolute Gasteiger partial charge is 0.236 e. The number of halogens is 2. The zero-order valence-corrected chi connectivity index (χ0v) is 14.2. The molecule has 2 rings (SSSR count). The van der Waals surface area contributed by atoms with E-state index in [0.29, 0.717) is 11.8 Å². The summed E-state index contributed by atoms with van der Waals surface area (Å²) in [5, 5.41) is 10.4. The first-order valence-corrected chi connectivity index (χ1v) is 8.74. The lowest BCUT2D eigenvalue weighted by atomic mass is 10.2. The number of amides is 1. The molecule has 0 atom stereocenters. The molecule has 8 heteroatoms. The van der Waals surface area contributed by atoms with E-state index in [1.54, 1.807) is 0 Å². The molecule has 0 aliphatic carbocycles. The molecule has 0 bridgehead atoms. The quantitative estimate of drug-likeness (QED) is 0.441. The van der Waals surface area contributed by atoms with Gasteiger partial charge in [-0.1, -0.05) is 37.9 Å². The van der Waals surface area contributed by atoms with E-state index in [0.717, 1.165) is 37.8 Å². The van der Waals surface area contributed by atoms with Gasteiger partial charge in [0, 0.05) is 11.6 Å². The summed E-state index contributed by atoms with van der Waals surface area (Å²) >= 11 is 1.21. The summed E-state index contributed by atoms with van der Waals surface area (Å²) in [4.78, 5) is 11.0. The molecule has 0 aromatic heterocycles. The Morgan fingerprint density at radius 3 is 2.88 bits per heavy atom. The fraction of sp³-hybridized carbons (Fsp3) is 0.438. The van der Waals surface area contributed by atoms with E-state index >= 15 is 0 Å². The van der Waals surface area contributed by atoms with Gasteiger partial charge in [-0.25, -0.2) is 8.78 Å². The van der Waals surface area contributed by atoms with Crippen molar-refractivity contribution in [3.05, 3.63) is 29.3 Å². The first-order chi connectivity index (χ1) is 11.6. The number of nitrogens with one attached hydrogen (secondary N) is 1. The standard InChI is InChI=1S/C16H19F2N3O2S/c1-2-3-4-5-6-23-15-11(7-12(17)8-13(15)18)9-19-21-16-20-14(22)10-24-16/h7-9H,2-6,10H2,1H3,(H,20,21,22). The molecular formula is C16H19F2N3O2S. The predicted molar refractivity (Wildman–Crippen MR) is 91.6 cm³/mol. The maximum atomic E-state index is 13.9. The van der Waals surface area contributed by atoms with Crippen LogP contribution in [0.1, 0.15) is 38.2 Å². The fourth-order valence-corrected chi connectivity index (χ4v) is 2.69. The van der Waals surface area contributed by atoms with Crippen LogP contribution in [-0.2, 0) is 4.79 Å². The lowest BCUT2D eigenvalue weighted by molar-refractivity contribution is -0.116. The third-order valence-corrected chi connectivity index (χ3v) is 4.08. The van der Waals surface area contributed by atoms with Crippen LogP contribution in [0.3, 0.4) is 0 Å². The zero-order valence-electron chi connectivity index (χ0n) is 13.3. The molecule has 1 N–H and O–H groups in total. The van der Waals surface area contributed by atoms with Crippen molar-refractivity contribution in [3.8, 4) is 5.75 Å². The van der Waals surface area contributed by atoms with E-state index in [4.69, 9.17) is 4.74 Å². The van der Waals surface area contributed by atoms with Gasteiger partial charge < -0.3 is 10.1 Å². The van der Waals surface area contributed by atoms with Crippen molar-refractivity contribution in [2.24, 2.45) is 10.2 Å². The normalized spacial score (nSPS) is 16.1. The van der Waals surface area contributed by atoms with Crippen LogP contribution < -0.4 is 10.1 Å². The second kappa shape index (κ2) is 9.36. The number of benzene rings is 1. The van der Waals surface area contributed by atoms with Gasteiger partial charge in [0.1, 0.15) is 5.82 Å². The van der Waals surface area contributed by atoms with Crippen LogP contribution in [0.15, 0.2) is 22.3 Å². The van der Waals surface area contributed by atoms with E-state index in [1.807, 2.05) is 0 Å². The summed E-state index contributed by atoms with van der Waals surface area (Å²) in [6.07, 6.45) is 5.19. The topological polar surface area (TPSA) is 63.1 Å². The van der Waals surface area contributed by atoms with Crippen LogP contribution >= 0.6 is 11.8 Å². The van der Waals surface area contributed by atoms with Gasteiger partial charge >= 0.3 is 0 Å². The van der Waals surface area contributed by atoms with Gasteiger partial charge in [-0.05, 0) is 12.5 Å². The third-order valence-electron chi connectivity index (χ3n) is 3.21. The average Bonchev–Trinajstić information content (AvgIpc) is 2.94. The lowest BCUT2D eigenvalue weighted by Crippen LogP contribution is -2.19. The number of hydrogen-bond donors (Lipinski definition) is 1. The molecule has 0 spiro atoms. The third kappa shape index (κ3) is 5.59. The molecule has 1 fully saturated rings. The van der Waals surface area contributed by atoms with E-state index in [9.17, 15) is 13.6 Å². The van der Waals surface area contributed by atoms with Crippen molar-refractivity contribution >= 4 is 29.1 Å².